The van der Waals surface area contributed by atoms with Crippen LogP contribution in [-0.2, 0) is 4.79 Å². The molecule has 3 unspecified atom stereocenters. The molecule has 2 N–H and O–H groups in total. The van der Waals surface area contributed by atoms with E-state index in [4.69, 9.17) is 11.0 Å². The maximum atomic E-state index is 12.2. The number of nitrogens with two attached hydrogens (primary N) is 1. The van der Waals surface area contributed by atoms with E-state index >= 15 is 0 Å². The van der Waals surface area contributed by atoms with Crippen LogP contribution >= 0.6 is 0 Å². The molecule has 2 fully saturated rings. The Labute approximate surface area is 96.4 Å². The van der Waals surface area contributed by atoms with E-state index in [0.29, 0.717) is 11.8 Å². The van der Waals surface area contributed by atoms with E-state index in [1.807, 2.05) is 20.8 Å². The largest absolute Gasteiger partial charge is 0.325 e. The molecule has 0 aromatic heterocycles. The second-order valence-corrected chi connectivity index (χ2v) is 6.07. The Balaban J connectivity index is 2.09. The summed E-state index contributed by atoms with van der Waals surface area (Å²) in [7, 11) is 0. The number of fused-ring (bicyclic) bond motifs is 1. The number of nitriles is 1. The molecule has 88 valence electrons. The van der Waals surface area contributed by atoms with Crippen molar-refractivity contribution in [2.45, 2.75) is 39.3 Å². The minimum Gasteiger partial charge on any atom is -0.325 e. The van der Waals surface area contributed by atoms with Gasteiger partial charge in [0.1, 0.15) is 6.04 Å². The highest BCUT2D eigenvalue weighted by atomic mass is 16.2. The van der Waals surface area contributed by atoms with Gasteiger partial charge in [0.2, 0.25) is 5.91 Å². The molecule has 1 saturated heterocycles. The minimum absolute atomic E-state index is 0.0637. The van der Waals surface area contributed by atoms with Gasteiger partial charge in [-0.2, -0.15) is 5.26 Å². The minimum atomic E-state index is -0.513. The molecule has 16 heavy (non-hydrogen) atoms. The molecule has 2 aliphatic rings. The van der Waals surface area contributed by atoms with E-state index in [9.17, 15) is 4.79 Å². The third-order valence-corrected chi connectivity index (χ3v) is 3.76. The molecule has 0 bridgehead atoms. The molecule has 2 rings (SSSR count). The van der Waals surface area contributed by atoms with Crippen molar-refractivity contribution in [1.29, 1.82) is 5.26 Å². The predicted molar refractivity (Wildman–Crippen MR) is 60.1 cm³/mol. The van der Waals surface area contributed by atoms with Gasteiger partial charge in [-0.3, -0.25) is 4.79 Å². The molecule has 4 atom stereocenters. The van der Waals surface area contributed by atoms with Gasteiger partial charge in [-0.25, -0.2) is 0 Å². The highest BCUT2D eigenvalue weighted by Gasteiger charge is 2.55. The van der Waals surface area contributed by atoms with Gasteiger partial charge < -0.3 is 10.6 Å². The average Bonchev–Trinajstić information content (AvgIpc) is 2.87. The van der Waals surface area contributed by atoms with Crippen molar-refractivity contribution in [3.05, 3.63) is 0 Å². The molecule has 1 saturated carbocycles. The first-order valence-electron chi connectivity index (χ1n) is 5.82. The fraction of sp³-hybridized carbons (Fsp3) is 0.833. The quantitative estimate of drug-likeness (QED) is 0.709. The van der Waals surface area contributed by atoms with Crippen LogP contribution in [-0.4, -0.2) is 29.4 Å². The zero-order valence-corrected chi connectivity index (χ0v) is 10.1. The lowest BCUT2D eigenvalue weighted by molar-refractivity contribution is -0.135. The van der Waals surface area contributed by atoms with Crippen LogP contribution in [0, 0.1) is 28.6 Å². The summed E-state index contributed by atoms with van der Waals surface area (Å²) in [6.07, 6.45) is 1.10. The maximum Gasteiger partial charge on any atom is 0.241 e. The highest BCUT2D eigenvalue weighted by molar-refractivity contribution is 5.83. The Morgan fingerprint density at radius 3 is 2.69 bits per heavy atom. The summed E-state index contributed by atoms with van der Waals surface area (Å²) in [5.41, 5.74) is 5.70. The van der Waals surface area contributed by atoms with Crippen LogP contribution in [0.5, 0.6) is 0 Å². The van der Waals surface area contributed by atoms with E-state index in [-0.39, 0.29) is 17.4 Å². The average molecular weight is 221 g/mol. The van der Waals surface area contributed by atoms with Crippen molar-refractivity contribution >= 4 is 5.91 Å². The van der Waals surface area contributed by atoms with Crippen molar-refractivity contribution in [2.75, 3.05) is 6.54 Å². The predicted octanol–water partition coefficient (Wildman–Crippen LogP) is 0.730. The molecule has 0 radical (unpaired) electrons. The Morgan fingerprint density at radius 1 is 1.56 bits per heavy atom. The molecule has 1 amide bonds. The summed E-state index contributed by atoms with van der Waals surface area (Å²) in [5, 5.41) is 9.08. The summed E-state index contributed by atoms with van der Waals surface area (Å²) in [5.74, 6) is 0.910. The van der Waals surface area contributed by atoms with Crippen LogP contribution in [0.25, 0.3) is 0 Å². The Bertz CT molecular complexity index is 352. The molecule has 1 aliphatic carbocycles. The first kappa shape index (κ1) is 11.4. The third kappa shape index (κ3) is 1.69. The van der Waals surface area contributed by atoms with Crippen LogP contribution < -0.4 is 5.73 Å². The first-order valence-corrected chi connectivity index (χ1v) is 5.82. The highest BCUT2D eigenvalue weighted by Crippen LogP contribution is 2.49. The molecule has 0 spiro atoms. The summed E-state index contributed by atoms with van der Waals surface area (Å²) in [4.78, 5) is 13.9. The molecule has 0 aromatic rings. The molecular formula is C12H19N3O. The lowest BCUT2D eigenvalue weighted by Gasteiger charge is -2.32. The van der Waals surface area contributed by atoms with E-state index in [0.717, 1.165) is 13.0 Å². The van der Waals surface area contributed by atoms with Crippen LogP contribution in [0.2, 0.25) is 0 Å². The number of hydrogen-bond donors (Lipinski definition) is 1. The number of piperidine rings is 1. The van der Waals surface area contributed by atoms with E-state index in [1.54, 1.807) is 4.90 Å². The van der Waals surface area contributed by atoms with Gasteiger partial charge in [0, 0.05) is 6.54 Å². The van der Waals surface area contributed by atoms with Gasteiger partial charge in [0.25, 0.3) is 0 Å². The van der Waals surface area contributed by atoms with E-state index in [2.05, 4.69) is 6.07 Å². The van der Waals surface area contributed by atoms with Crippen LogP contribution in [0.3, 0.4) is 0 Å². The van der Waals surface area contributed by atoms with E-state index in [1.165, 1.54) is 0 Å². The zero-order valence-electron chi connectivity index (χ0n) is 10.1. The molecule has 0 aromatic carbocycles. The standard InChI is InChI=1S/C12H19N3O/c1-12(2,3)10(14)11(16)15-6-7-4-8(7)9(15)5-13/h7-10H,4,6,14H2,1-3H3/t7?,8?,9?,10-/m1/s1. The summed E-state index contributed by atoms with van der Waals surface area (Å²) in [6.45, 7) is 6.58. The Kier molecular flexibility index (Phi) is 2.47. The van der Waals surface area contributed by atoms with Crippen molar-refractivity contribution in [3.8, 4) is 6.07 Å². The lowest BCUT2D eigenvalue weighted by Crippen LogP contribution is -2.52. The maximum absolute atomic E-state index is 12.2. The van der Waals surface area contributed by atoms with Gasteiger partial charge in [0.05, 0.1) is 12.1 Å². The fourth-order valence-electron chi connectivity index (χ4n) is 2.41. The summed E-state index contributed by atoms with van der Waals surface area (Å²) < 4.78 is 0. The SMILES string of the molecule is CC(C)(C)[C@H](N)C(=O)N1CC2CC2C1C#N. The number of nitrogens with zero attached hydrogens (tertiary/aromatic N) is 2. The van der Waals surface area contributed by atoms with Crippen LogP contribution in [0.15, 0.2) is 0 Å². The fourth-order valence-corrected chi connectivity index (χ4v) is 2.41. The van der Waals surface area contributed by atoms with Gasteiger partial charge >= 0.3 is 0 Å². The van der Waals surface area contributed by atoms with Gasteiger partial charge in [-0.05, 0) is 23.7 Å². The van der Waals surface area contributed by atoms with Gasteiger partial charge in [-0.1, -0.05) is 20.8 Å². The molecule has 4 nitrogen and oxygen atoms in total. The van der Waals surface area contributed by atoms with Gasteiger partial charge in [-0.15, -0.1) is 0 Å². The number of carbonyl (C=O) groups excluding carboxylic acids is 1. The smallest absolute Gasteiger partial charge is 0.241 e. The normalized spacial score (nSPS) is 34.2. The summed E-state index contributed by atoms with van der Waals surface area (Å²) >= 11 is 0. The number of hydrogen-bond acceptors (Lipinski definition) is 3. The molecule has 1 aliphatic heterocycles. The number of likely N-dealkylation sites (tertiary alicyclic amines) is 1. The topological polar surface area (TPSA) is 70.1 Å². The Morgan fingerprint density at radius 2 is 2.19 bits per heavy atom. The zero-order chi connectivity index (χ0) is 12.1. The number of carbonyl (C=O) groups is 1. The second kappa shape index (κ2) is 3.46. The monoisotopic (exact) mass is 221 g/mol. The molecular weight excluding hydrogens is 202 g/mol. The molecule has 4 heteroatoms. The van der Waals surface area contributed by atoms with Crippen molar-refractivity contribution in [3.63, 3.8) is 0 Å². The summed E-state index contributed by atoms with van der Waals surface area (Å²) in [6, 6.07) is 1.50. The number of amides is 1. The second-order valence-electron chi connectivity index (χ2n) is 6.07. The van der Waals surface area contributed by atoms with Crippen molar-refractivity contribution in [1.82, 2.24) is 4.90 Å². The van der Waals surface area contributed by atoms with Crippen LogP contribution in [0.4, 0.5) is 0 Å². The first-order chi connectivity index (χ1) is 7.36. The van der Waals surface area contributed by atoms with Gasteiger partial charge in [0.15, 0.2) is 0 Å². The lowest BCUT2D eigenvalue weighted by atomic mass is 9.86. The molecule has 1 heterocycles. The van der Waals surface area contributed by atoms with Crippen molar-refractivity contribution in [2.24, 2.45) is 23.0 Å². The Hall–Kier alpha value is -1.08. The van der Waals surface area contributed by atoms with Crippen LogP contribution in [0.1, 0.15) is 27.2 Å². The number of rotatable bonds is 1. The van der Waals surface area contributed by atoms with Crippen molar-refractivity contribution < 1.29 is 4.79 Å². The van der Waals surface area contributed by atoms with E-state index < -0.39 is 6.04 Å². The third-order valence-electron chi connectivity index (χ3n) is 3.76.